The molecule has 12 heteroatoms. The second-order valence-electron chi connectivity index (χ2n) is 8.00. The van der Waals surface area contributed by atoms with E-state index in [2.05, 4.69) is 15.1 Å². The first-order valence-corrected chi connectivity index (χ1v) is 11.3. The molecule has 0 aliphatic heterocycles. The number of amides is 2. The van der Waals surface area contributed by atoms with Crippen LogP contribution in [0.3, 0.4) is 0 Å². The summed E-state index contributed by atoms with van der Waals surface area (Å²) in [4.78, 5) is 34.5. The van der Waals surface area contributed by atoms with Gasteiger partial charge in [-0.05, 0) is 24.3 Å². The molecule has 9 nitrogen and oxygen atoms in total. The number of fused-ring (bicyclic) bond motifs is 4. The van der Waals surface area contributed by atoms with Crippen LogP contribution < -0.4 is 5.73 Å². The smallest absolute Gasteiger partial charge is 0.275 e. The van der Waals surface area contributed by atoms with Crippen molar-refractivity contribution in [1.29, 1.82) is 0 Å². The normalized spacial score (nSPS) is 11.5. The number of thiazole rings is 1. The van der Waals surface area contributed by atoms with Gasteiger partial charge in [0.05, 0.1) is 44.9 Å². The van der Waals surface area contributed by atoms with Gasteiger partial charge in [0, 0.05) is 32.5 Å². The number of nitrogens with zero attached hydrogens (tertiary/aromatic N) is 6. The molecule has 2 aromatic carbocycles. The zero-order chi connectivity index (χ0) is 25.0. The molecule has 178 valence electrons. The minimum atomic E-state index is -0.816. The van der Waals surface area contributed by atoms with Gasteiger partial charge in [0.1, 0.15) is 22.5 Å². The molecule has 0 unspecified atom stereocenters. The van der Waals surface area contributed by atoms with Gasteiger partial charge >= 0.3 is 0 Å². The van der Waals surface area contributed by atoms with E-state index < -0.39 is 23.4 Å². The second kappa shape index (κ2) is 8.24. The number of nitrogen functional groups attached to an aromatic ring is 1. The fraction of sp³-hybridized carbons (Fsp3) is 0.174. The molecule has 0 spiro atoms. The van der Waals surface area contributed by atoms with E-state index >= 15 is 4.39 Å². The minimum Gasteiger partial charge on any atom is -0.383 e. The van der Waals surface area contributed by atoms with Crippen LogP contribution in [0.15, 0.2) is 36.5 Å². The standard InChI is InChI=1S/C23H19F2N7O2S/c1-11(33)31(3)32(10-20-28-17-5-4-12(24)6-19(17)35-20)23(34)13-7-14-18(8-16(13)25)29-22(26)15-9-27-30(2)21(14)15/h4-9H,10H2,1-3H3,(H2,26,29). The van der Waals surface area contributed by atoms with Crippen LogP contribution in [0.5, 0.6) is 0 Å². The molecule has 3 heterocycles. The monoisotopic (exact) mass is 495 g/mol. The Morgan fingerprint density at radius 3 is 2.63 bits per heavy atom. The highest BCUT2D eigenvalue weighted by molar-refractivity contribution is 7.18. The molecular formula is C23H19F2N7O2S. The molecule has 0 bridgehead atoms. The fourth-order valence-electron chi connectivity index (χ4n) is 3.91. The summed E-state index contributed by atoms with van der Waals surface area (Å²) in [5, 5.41) is 7.91. The van der Waals surface area contributed by atoms with Crippen LogP contribution in [-0.2, 0) is 18.4 Å². The number of pyridine rings is 1. The molecule has 2 N–H and O–H groups in total. The first-order valence-electron chi connectivity index (χ1n) is 10.5. The number of hydrazine groups is 1. The first-order chi connectivity index (χ1) is 16.6. The summed E-state index contributed by atoms with van der Waals surface area (Å²) in [5.41, 5.74) is 7.17. The maximum absolute atomic E-state index is 15.2. The Morgan fingerprint density at radius 1 is 1.11 bits per heavy atom. The average Bonchev–Trinajstić information content (AvgIpc) is 3.39. The zero-order valence-electron chi connectivity index (χ0n) is 18.9. The van der Waals surface area contributed by atoms with Crippen LogP contribution in [0.2, 0.25) is 0 Å². The number of nitrogens with two attached hydrogens (primary N) is 1. The van der Waals surface area contributed by atoms with Crippen molar-refractivity contribution < 1.29 is 18.4 Å². The van der Waals surface area contributed by atoms with Crippen LogP contribution in [0.25, 0.3) is 32.0 Å². The molecule has 0 atom stereocenters. The lowest BCUT2D eigenvalue weighted by Crippen LogP contribution is -2.46. The number of carbonyl (C=O) groups is 2. The minimum absolute atomic E-state index is 0.117. The molecule has 5 aromatic rings. The van der Waals surface area contributed by atoms with Crippen LogP contribution in [-0.4, -0.2) is 48.6 Å². The first kappa shape index (κ1) is 22.6. The highest BCUT2D eigenvalue weighted by atomic mass is 32.1. The highest BCUT2D eigenvalue weighted by Gasteiger charge is 2.27. The lowest BCUT2D eigenvalue weighted by Gasteiger charge is -2.30. The van der Waals surface area contributed by atoms with Gasteiger partial charge < -0.3 is 5.73 Å². The summed E-state index contributed by atoms with van der Waals surface area (Å²) >= 11 is 1.18. The Morgan fingerprint density at radius 2 is 1.89 bits per heavy atom. The number of anilines is 1. The molecule has 2 amide bonds. The maximum atomic E-state index is 15.2. The number of halogens is 2. The van der Waals surface area contributed by atoms with Gasteiger partial charge in [0.2, 0.25) is 5.91 Å². The van der Waals surface area contributed by atoms with Crippen LogP contribution in [0.4, 0.5) is 14.6 Å². The summed E-state index contributed by atoms with van der Waals surface area (Å²) < 4.78 is 31.0. The largest absolute Gasteiger partial charge is 0.383 e. The van der Waals surface area contributed by atoms with Crippen molar-refractivity contribution in [3.05, 3.63) is 58.7 Å². The maximum Gasteiger partial charge on any atom is 0.275 e. The van der Waals surface area contributed by atoms with E-state index in [0.29, 0.717) is 31.5 Å². The number of aromatic nitrogens is 4. The fourth-order valence-corrected chi connectivity index (χ4v) is 4.88. The van der Waals surface area contributed by atoms with Crippen molar-refractivity contribution in [2.75, 3.05) is 12.8 Å². The van der Waals surface area contributed by atoms with Gasteiger partial charge in [-0.15, -0.1) is 11.3 Å². The molecule has 0 aliphatic carbocycles. The topological polar surface area (TPSA) is 110 Å². The van der Waals surface area contributed by atoms with E-state index in [0.717, 1.165) is 16.1 Å². The van der Waals surface area contributed by atoms with E-state index in [1.807, 2.05) is 0 Å². The molecule has 35 heavy (non-hydrogen) atoms. The summed E-state index contributed by atoms with van der Waals surface area (Å²) in [6.45, 7) is 1.17. The van der Waals surface area contributed by atoms with Crippen molar-refractivity contribution in [3.63, 3.8) is 0 Å². The summed E-state index contributed by atoms with van der Waals surface area (Å²) in [7, 11) is 3.12. The SMILES string of the molecule is CC(=O)N(C)N(Cc1nc2ccc(F)cc2s1)C(=O)c1cc2c(cc1F)nc(N)c1cnn(C)c12. The van der Waals surface area contributed by atoms with Crippen molar-refractivity contribution in [2.45, 2.75) is 13.5 Å². The average molecular weight is 496 g/mol. The number of carbonyl (C=O) groups excluding carboxylic acids is 2. The van der Waals surface area contributed by atoms with Crippen LogP contribution in [0.1, 0.15) is 22.3 Å². The Kier molecular flexibility index (Phi) is 5.32. The summed E-state index contributed by atoms with van der Waals surface area (Å²) in [6, 6.07) is 6.70. The van der Waals surface area contributed by atoms with E-state index in [4.69, 9.17) is 5.73 Å². The Hall–Kier alpha value is -4.19. The third-order valence-electron chi connectivity index (χ3n) is 5.76. The van der Waals surface area contributed by atoms with E-state index in [9.17, 15) is 14.0 Å². The summed E-state index contributed by atoms with van der Waals surface area (Å²) in [6.07, 6.45) is 1.55. The molecule has 0 saturated heterocycles. The molecule has 3 aromatic heterocycles. The van der Waals surface area contributed by atoms with E-state index in [-0.39, 0.29) is 23.4 Å². The third kappa shape index (κ3) is 3.81. The number of rotatable bonds is 3. The van der Waals surface area contributed by atoms with Gasteiger partial charge in [-0.1, -0.05) is 0 Å². The second-order valence-corrected chi connectivity index (χ2v) is 9.12. The number of hydrogen-bond acceptors (Lipinski definition) is 7. The molecule has 0 aliphatic rings. The number of hydrogen-bond donors (Lipinski definition) is 1. The van der Waals surface area contributed by atoms with Crippen molar-refractivity contribution in [1.82, 2.24) is 29.8 Å². The molecule has 0 fully saturated rings. The molecule has 0 radical (unpaired) electrons. The Balaban J connectivity index is 1.61. The Labute approximate surface area is 201 Å². The van der Waals surface area contributed by atoms with Gasteiger partial charge in [0.25, 0.3) is 5.91 Å². The number of benzene rings is 2. The zero-order valence-corrected chi connectivity index (χ0v) is 19.7. The highest BCUT2D eigenvalue weighted by Crippen LogP contribution is 2.30. The lowest BCUT2D eigenvalue weighted by molar-refractivity contribution is -0.140. The van der Waals surface area contributed by atoms with Crippen molar-refractivity contribution in [3.8, 4) is 0 Å². The molecular weight excluding hydrogens is 476 g/mol. The quantitative estimate of drug-likeness (QED) is 0.383. The summed E-state index contributed by atoms with van der Waals surface area (Å²) in [5.74, 6) is -2.21. The van der Waals surface area contributed by atoms with Crippen molar-refractivity contribution >= 4 is 61.0 Å². The predicted molar refractivity (Wildman–Crippen MR) is 128 cm³/mol. The Bertz CT molecular complexity index is 1660. The van der Waals surface area contributed by atoms with Gasteiger partial charge in [-0.3, -0.25) is 19.3 Å². The predicted octanol–water partition coefficient (Wildman–Crippen LogP) is 3.63. The van der Waals surface area contributed by atoms with E-state index in [1.165, 1.54) is 49.6 Å². The molecule has 0 saturated carbocycles. The lowest BCUT2D eigenvalue weighted by atomic mass is 10.1. The van der Waals surface area contributed by atoms with Gasteiger partial charge in [-0.2, -0.15) is 5.10 Å². The van der Waals surface area contributed by atoms with Gasteiger partial charge in [0.15, 0.2) is 0 Å². The van der Waals surface area contributed by atoms with Gasteiger partial charge in [-0.25, -0.2) is 23.8 Å². The van der Waals surface area contributed by atoms with Crippen molar-refractivity contribution in [2.24, 2.45) is 7.05 Å². The third-order valence-corrected chi connectivity index (χ3v) is 6.76. The van der Waals surface area contributed by atoms with Crippen LogP contribution in [0, 0.1) is 11.6 Å². The molecule has 5 rings (SSSR count). The number of aryl methyl sites for hydroxylation is 1. The van der Waals surface area contributed by atoms with E-state index in [1.54, 1.807) is 17.9 Å². The van der Waals surface area contributed by atoms with Crippen LogP contribution >= 0.6 is 11.3 Å².